The number of hydrogen-bond acceptors (Lipinski definition) is 3. The summed E-state index contributed by atoms with van der Waals surface area (Å²) in [6.45, 7) is 1.60. The van der Waals surface area contributed by atoms with Gasteiger partial charge in [0.15, 0.2) is 11.6 Å². The molecule has 0 amide bonds. The molecule has 108 valence electrons. The highest BCUT2D eigenvalue weighted by Crippen LogP contribution is 2.34. The molecular weight excluding hydrogens is 276 g/mol. The average Bonchev–Trinajstić information content (AvgIpc) is 2.56. The van der Waals surface area contributed by atoms with Crippen LogP contribution in [0.5, 0.6) is 0 Å². The monoisotopic (exact) mass is 290 g/mol. The highest BCUT2D eigenvalue weighted by molar-refractivity contribution is 6.25. The van der Waals surface area contributed by atoms with E-state index in [1.54, 1.807) is 13.0 Å². The first-order valence-corrected chi connectivity index (χ1v) is 7.30. The molecule has 3 aromatic rings. The van der Waals surface area contributed by atoms with Crippen LogP contribution < -0.4 is 0 Å². The smallest absolute Gasteiger partial charge is 0.192 e. The number of Topliss-reactive ketones (excluding diaryl/α,β-unsaturated/α-hetero) is 2. The average molecular weight is 290 g/mol. The van der Waals surface area contributed by atoms with E-state index in [9.17, 15) is 14.7 Å². The van der Waals surface area contributed by atoms with Crippen LogP contribution in [0, 0.1) is 5.92 Å². The third-order valence-corrected chi connectivity index (χ3v) is 4.59. The highest BCUT2D eigenvalue weighted by atomic mass is 16.3. The molecule has 22 heavy (non-hydrogen) atoms. The predicted molar refractivity (Wildman–Crippen MR) is 85.3 cm³/mol. The Labute approximate surface area is 127 Å². The molecule has 0 saturated heterocycles. The summed E-state index contributed by atoms with van der Waals surface area (Å²) in [5, 5.41) is 13.8. The lowest BCUT2D eigenvalue weighted by Crippen LogP contribution is -2.39. The fourth-order valence-electron chi connectivity index (χ4n) is 3.32. The van der Waals surface area contributed by atoms with Gasteiger partial charge >= 0.3 is 0 Å². The van der Waals surface area contributed by atoms with Gasteiger partial charge in [-0.15, -0.1) is 0 Å². The molecule has 0 fully saturated rings. The minimum absolute atomic E-state index is 0.164. The van der Waals surface area contributed by atoms with Gasteiger partial charge in [0.05, 0.1) is 5.92 Å². The van der Waals surface area contributed by atoms with Crippen molar-refractivity contribution >= 4 is 33.1 Å². The van der Waals surface area contributed by atoms with E-state index in [0.29, 0.717) is 11.1 Å². The van der Waals surface area contributed by atoms with Crippen molar-refractivity contribution in [3.8, 4) is 0 Å². The second kappa shape index (κ2) is 4.49. The van der Waals surface area contributed by atoms with Gasteiger partial charge in [0.1, 0.15) is 6.10 Å². The Morgan fingerprint density at radius 1 is 0.818 bits per heavy atom. The third kappa shape index (κ3) is 1.60. The van der Waals surface area contributed by atoms with Crippen LogP contribution in [-0.2, 0) is 0 Å². The van der Waals surface area contributed by atoms with Crippen LogP contribution >= 0.6 is 0 Å². The van der Waals surface area contributed by atoms with Crippen LogP contribution in [0.2, 0.25) is 0 Å². The lowest BCUT2D eigenvalue weighted by molar-refractivity contribution is 0.0529. The molecule has 1 N–H and O–H groups in total. The molecule has 1 aliphatic rings. The molecule has 0 spiro atoms. The first-order valence-electron chi connectivity index (χ1n) is 7.30. The van der Waals surface area contributed by atoms with E-state index >= 15 is 0 Å². The Morgan fingerprint density at radius 2 is 1.55 bits per heavy atom. The zero-order valence-electron chi connectivity index (χ0n) is 12.0. The first kappa shape index (κ1) is 13.2. The normalized spacial score (nSPS) is 21.4. The van der Waals surface area contributed by atoms with Crippen LogP contribution in [0.1, 0.15) is 27.6 Å². The van der Waals surface area contributed by atoms with Crippen molar-refractivity contribution < 1.29 is 14.7 Å². The van der Waals surface area contributed by atoms with Gasteiger partial charge in [-0.1, -0.05) is 49.4 Å². The molecule has 2 atom stereocenters. The van der Waals surface area contributed by atoms with Crippen LogP contribution in [0.25, 0.3) is 21.5 Å². The summed E-state index contributed by atoms with van der Waals surface area (Å²) in [5.74, 6) is -1.22. The van der Waals surface area contributed by atoms with E-state index in [-0.39, 0.29) is 11.6 Å². The van der Waals surface area contributed by atoms with Gasteiger partial charge in [-0.05, 0) is 27.6 Å². The number of rotatable bonds is 0. The van der Waals surface area contributed by atoms with E-state index in [4.69, 9.17) is 0 Å². The summed E-state index contributed by atoms with van der Waals surface area (Å²) in [6, 6.07) is 15.4. The Kier molecular flexibility index (Phi) is 2.68. The maximum absolute atomic E-state index is 12.6. The SMILES string of the molecule is C[C@@H]1C(=O)c2c(ccc3c2ccc2ccccc23)C(=O)[C@@H]1O. The number of benzene rings is 3. The van der Waals surface area contributed by atoms with E-state index in [2.05, 4.69) is 0 Å². The van der Waals surface area contributed by atoms with Crippen molar-refractivity contribution in [2.75, 3.05) is 0 Å². The maximum Gasteiger partial charge on any atom is 0.192 e. The molecule has 0 unspecified atom stereocenters. The summed E-state index contributed by atoms with van der Waals surface area (Å²) >= 11 is 0. The molecule has 3 aromatic carbocycles. The molecule has 0 heterocycles. The van der Waals surface area contributed by atoms with E-state index in [0.717, 1.165) is 21.5 Å². The van der Waals surface area contributed by atoms with Gasteiger partial charge in [-0.25, -0.2) is 0 Å². The quantitative estimate of drug-likeness (QED) is 0.646. The third-order valence-electron chi connectivity index (χ3n) is 4.59. The predicted octanol–water partition coefficient (Wildman–Crippen LogP) is 3.37. The van der Waals surface area contributed by atoms with Gasteiger partial charge in [0, 0.05) is 11.1 Å². The topological polar surface area (TPSA) is 54.4 Å². The molecule has 0 radical (unpaired) electrons. The van der Waals surface area contributed by atoms with Crippen LogP contribution in [0.3, 0.4) is 0 Å². The van der Waals surface area contributed by atoms with Gasteiger partial charge in [-0.3, -0.25) is 9.59 Å². The lowest BCUT2D eigenvalue weighted by atomic mass is 9.78. The molecule has 4 rings (SSSR count). The first-order chi connectivity index (χ1) is 10.6. The number of carbonyl (C=O) groups excluding carboxylic acids is 2. The van der Waals surface area contributed by atoms with Gasteiger partial charge < -0.3 is 5.11 Å². The molecule has 0 aliphatic heterocycles. The minimum atomic E-state index is -1.24. The molecule has 0 saturated carbocycles. The Balaban J connectivity index is 2.15. The zero-order valence-corrected chi connectivity index (χ0v) is 12.0. The van der Waals surface area contributed by atoms with E-state index in [1.807, 2.05) is 42.5 Å². The number of fused-ring (bicyclic) bond motifs is 5. The molecular formula is C19H14O3. The number of aliphatic hydroxyl groups is 1. The second-order valence-electron chi connectivity index (χ2n) is 5.83. The van der Waals surface area contributed by atoms with Crippen molar-refractivity contribution in [1.82, 2.24) is 0 Å². The molecule has 3 nitrogen and oxygen atoms in total. The Bertz CT molecular complexity index is 955. The minimum Gasteiger partial charge on any atom is -0.384 e. The summed E-state index contributed by atoms with van der Waals surface area (Å²) in [7, 11) is 0. The molecule has 3 heteroatoms. The number of carbonyl (C=O) groups is 2. The molecule has 1 aliphatic carbocycles. The van der Waals surface area contributed by atoms with Gasteiger partial charge in [0.2, 0.25) is 0 Å². The van der Waals surface area contributed by atoms with E-state index < -0.39 is 12.0 Å². The van der Waals surface area contributed by atoms with Crippen LogP contribution in [0.4, 0.5) is 0 Å². The summed E-state index contributed by atoms with van der Waals surface area (Å²) in [4.78, 5) is 24.9. The van der Waals surface area contributed by atoms with Gasteiger partial charge in [-0.2, -0.15) is 0 Å². The largest absolute Gasteiger partial charge is 0.384 e. The van der Waals surface area contributed by atoms with Gasteiger partial charge in [0.25, 0.3) is 0 Å². The second-order valence-corrected chi connectivity index (χ2v) is 5.83. The van der Waals surface area contributed by atoms with E-state index in [1.165, 1.54) is 0 Å². The summed E-state index contributed by atoms with van der Waals surface area (Å²) in [6.07, 6.45) is -1.24. The van der Waals surface area contributed by atoms with Crippen molar-refractivity contribution in [1.29, 1.82) is 0 Å². The summed E-state index contributed by atoms with van der Waals surface area (Å²) < 4.78 is 0. The standard InChI is InChI=1S/C19H14O3/c1-10-17(20)16-14-7-6-11-4-2-3-5-12(11)13(14)8-9-15(16)19(22)18(10)21/h2-10,18,21H,1H3/t10-,18-/m1/s1. The Morgan fingerprint density at radius 3 is 2.36 bits per heavy atom. The van der Waals surface area contributed by atoms with Crippen LogP contribution in [-0.4, -0.2) is 22.8 Å². The zero-order chi connectivity index (χ0) is 15.4. The summed E-state index contributed by atoms with van der Waals surface area (Å²) in [5.41, 5.74) is 0.782. The number of ketones is 2. The van der Waals surface area contributed by atoms with Crippen molar-refractivity contribution in [2.24, 2.45) is 5.92 Å². The fraction of sp³-hybridized carbons (Fsp3) is 0.158. The fourth-order valence-corrected chi connectivity index (χ4v) is 3.32. The number of hydrogen-bond donors (Lipinski definition) is 1. The number of aliphatic hydroxyl groups excluding tert-OH is 1. The molecule has 0 aromatic heterocycles. The highest BCUT2D eigenvalue weighted by Gasteiger charge is 2.38. The van der Waals surface area contributed by atoms with Crippen molar-refractivity contribution in [2.45, 2.75) is 13.0 Å². The molecule has 0 bridgehead atoms. The maximum atomic E-state index is 12.6. The Hall–Kier alpha value is -2.52. The van der Waals surface area contributed by atoms with Crippen LogP contribution in [0.15, 0.2) is 48.5 Å². The lowest BCUT2D eigenvalue weighted by Gasteiger charge is -2.25. The van der Waals surface area contributed by atoms with Crippen molar-refractivity contribution in [3.05, 3.63) is 59.7 Å². The van der Waals surface area contributed by atoms with Crippen molar-refractivity contribution in [3.63, 3.8) is 0 Å².